The Bertz CT molecular complexity index is 1010. The van der Waals surface area contributed by atoms with Crippen LogP contribution in [0.3, 0.4) is 0 Å². The Morgan fingerprint density at radius 3 is 2.72 bits per heavy atom. The van der Waals surface area contributed by atoms with Crippen molar-refractivity contribution in [1.29, 1.82) is 0 Å². The van der Waals surface area contributed by atoms with Crippen molar-refractivity contribution >= 4 is 17.5 Å². The molecule has 148 valence electrons. The predicted molar refractivity (Wildman–Crippen MR) is 110 cm³/mol. The molecule has 0 bridgehead atoms. The Labute approximate surface area is 169 Å². The second-order valence-corrected chi connectivity index (χ2v) is 7.08. The fraction of sp³-hybridized carbons (Fsp3) is 0.273. The van der Waals surface area contributed by atoms with Crippen molar-refractivity contribution in [2.75, 3.05) is 11.9 Å². The number of imidazole rings is 1. The summed E-state index contributed by atoms with van der Waals surface area (Å²) >= 11 is 0. The summed E-state index contributed by atoms with van der Waals surface area (Å²) in [4.78, 5) is 36.1. The fourth-order valence-corrected chi connectivity index (χ4v) is 3.58. The summed E-state index contributed by atoms with van der Waals surface area (Å²) in [5.74, 6) is -0.181. The number of benzene rings is 1. The van der Waals surface area contributed by atoms with E-state index in [-0.39, 0.29) is 11.8 Å². The van der Waals surface area contributed by atoms with Gasteiger partial charge in [0, 0.05) is 38.2 Å². The minimum absolute atomic E-state index is 0.201. The van der Waals surface area contributed by atoms with Crippen molar-refractivity contribution in [3.8, 4) is 0 Å². The lowest BCUT2D eigenvalue weighted by atomic mass is 10.1. The van der Waals surface area contributed by atoms with Crippen molar-refractivity contribution in [3.05, 3.63) is 77.6 Å². The van der Waals surface area contributed by atoms with E-state index in [2.05, 4.69) is 15.3 Å². The standard InChI is InChI=1S/C22H23N5O2/c1-26(17-9-3-2-4-10-17)22(29)19-18-11-5-6-13-27(18)20(25-19)21(28)24-15-16-8-7-12-23-14-16/h2-4,7-10,12,14H,5-6,11,13,15H2,1H3,(H,24,28). The van der Waals surface area contributed by atoms with Crippen LogP contribution in [0.2, 0.25) is 0 Å². The lowest BCUT2D eigenvalue weighted by Crippen LogP contribution is -2.28. The maximum Gasteiger partial charge on any atom is 0.287 e. The van der Waals surface area contributed by atoms with Gasteiger partial charge in [-0.1, -0.05) is 24.3 Å². The highest BCUT2D eigenvalue weighted by atomic mass is 16.2. The first kappa shape index (κ1) is 18.9. The quantitative estimate of drug-likeness (QED) is 0.728. The van der Waals surface area contributed by atoms with Gasteiger partial charge in [-0.25, -0.2) is 4.98 Å². The number of pyridine rings is 1. The van der Waals surface area contributed by atoms with Crippen molar-refractivity contribution in [1.82, 2.24) is 19.9 Å². The molecule has 0 radical (unpaired) electrons. The molecule has 1 aliphatic heterocycles. The molecule has 3 aromatic rings. The van der Waals surface area contributed by atoms with E-state index in [4.69, 9.17) is 0 Å². The van der Waals surface area contributed by atoms with Gasteiger partial charge in [-0.05, 0) is 43.0 Å². The van der Waals surface area contributed by atoms with E-state index in [1.165, 1.54) is 0 Å². The van der Waals surface area contributed by atoms with E-state index in [0.717, 1.165) is 36.2 Å². The Hall–Kier alpha value is -3.48. The third kappa shape index (κ3) is 3.89. The van der Waals surface area contributed by atoms with Gasteiger partial charge < -0.3 is 14.8 Å². The molecule has 1 N–H and O–H groups in total. The van der Waals surface area contributed by atoms with E-state index in [0.29, 0.717) is 24.6 Å². The summed E-state index contributed by atoms with van der Waals surface area (Å²) in [5.41, 5.74) is 2.90. The number of fused-ring (bicyclic) bond motifs is 1. The zero-order valence-corrected chi connectivity index (χ0v) is 16.3. The Morgan fingerprint density at radius 2 is 1.97 bits per heavy atom. The van der Waals surface area contributed by atoms with Crippen LogP contribution in [0.1, 0.15) is 45.2 Å². The van der Waals surface area contributed by atoms with E-state index in [1.54, 1.807) is 24.3 Å². The van der Waals surface area contributed by atoms with Gasteiger partial charge in [0.25, 0.3) is 11.8 Å². The molecular weight excluding hydrogens is 366 g/mol. The largest absolute Gasteiger partial charge is 0.345 e. The Balaban J connectivity index is 1.60. The van der Waals surface area contributed by atoms with Crippen LogP contribution in [0.15, 0.2) is 54.9 Å². The third-order valence-electron chi connectivity index (χ3n) is 5.15. The number of nitrogens with zero attached hydrogens (tertiary/aromatic N) is 4. The number of carbonyl (C=O) groups excluding carboxylic acids is 2. The van der Waals surface area contributed by atoms with Crippen molar-refractivity contribution in [2.45, 2.75) is 32.4 Å². The van der Waals surface area contributed by atoms with Crippen LogP contribution in [0.25, 0.3) is 0 Å². The van der Waals surface area contributed by atoms with Crippen LogP contribution in [0.5, 0.6) is 0 Å². The molecule has 0 unspecified atom stereocenters. The first-order chi connectivity index (χ1) is 14.1. The first-order valence-corrected chi connectivity index (χ1v) is 9.75. The number of anilines is 1. The van der Waals surface area contributed by atoms with Crippen molar-refractivity contribution in [3.63, 3.8) is 0 Å². The van der Waals surface area contributed by atoms with E-state index < -0.39 is 0 Å². The Morgan fingerprint density at radius 1 is 1.14 bits per heavy atom. The fourth-order valence-electron chi connectivity index (χ4n) is 3.58. The maximum absolute atomic E-state index is 13.1. The number of nitrogens with one attached hydrogen (secondary N) is 1. The predicted octanol–water partition coefficient (Wildman–Crippen LogP) is 2.82. The summed E-state index contributed by atoms with van der Waals surface area (Å²) in [6, 6.07) is 13.2. The molecule has 1 aliphatic rings. The van der Waals surface area contributed by atoms with Gasteiger partial charge in [-0.2, -0.15) is 0 Å². The topological polar surface area (TPSA) is 80.1 Å². The average Bonchev–Trinajstić information content (AvgIpc) is 3.17. The van der Waals surface area contributed by atoms with E-state index >= 15 is 0 Å². The molecule has 7 nitrogen and oxygen atoms in total. The van der Waals surface area contributed by atoms with E-state index in [9.17, 15) is 9.59 Å². The molecule has 3 heterocycles. The number of hydrogen-bond acceptors (Lipinski definition) is 4. The van der Waals surface area contributed by atoms with E-state index in [1.807, 2.05) is 47.0 Å². The molecule has 7 heteroatoms. The molecular formula is C22H23N5O2. The number of aromatic nitrogens is 3. The molecule has 29 heavy (non-hydrogen) atoms. The van der Waals surface area contributed by atoms with Gasteiger partial charge in [0.1, 0.15) is 0 Å². The monoisotopic (exact) mass is 389 g/mol. The summed E-state index contributed by atoms with van der Waals surface area (Å²) < 4.78 is 1.90. The maximum atomic E-state index is 13.1. The van der Waals surface area contributed by atoms with Gasteiger partial charge in [0.05, 0.1) is 5.69 Å². The van der Waals surface area contributed by atoms with Crippen molar-refractivity contribution in [2.24, 2.45) is 0 Å². The second-order valence-electron chi connectivity index (χ2n) is 7.08. The van der Waals surface area contributed by atoms with Crippen LogP contribution in [0, 0.1) is 0 Å². The van der Waals surface area contributed by atoms with Crippen molar-refractivity contribution < 1.29 is 9.59 Å². The molecule has 0 saturated carbocycles. The van der Waals surface area contributed by atoms with Gasteiger partial charge in [-0.3, -0.25) is 14.6 Å². The van der Waals surface area contributed by atoms with Crippen LogP contribution in [0.4, 0.5) is 5.69 Å². The molecule has 2 amide bonds. The Kier molecular flexibility index (Phi) is 5.37. The summed E-state index contributed by atoms with van der Waals surface area (Å²) in [5, 5.41) is 2.89. The van der Waals surface area contributed by atoms with Gasteiger partial charge in [-0.15, -0.1) is 0 Å². The zero-order valence-electron chi connectivity index (χ0n) is 16.3. The number of para-hydroxylation sites is 1. The van der Waals surface area contributed by atoms with Gasteiger partial charge in [0.2, 0.25) is 0 Å². The number of rotatable bonds is 5. The first-order valence-electron chi connectivity index (χ1n) is 9.75. The second kappa shape index (κ2) is 8.26. The molecule has 0 atom stereocenters. The highest BCUT2D eigenvalue weighted by Crippen LogP contribution is 2.24. The van der Waals surface area contributed by atoms with Gasteiger partial charge in [0.15, 0.2) is 11.5 Å². The molecule has 0 fully saturated rings. The average molecular weight is 389 g/mol. The number of amides is 2. The number of carbonyl (C=O) groups is 2. The normalized spacial score (nSPS) is 12.9. The third-order valence-corrected chi connectivity index (χ3v) is 5.15. The highest BCUT2D eigenvalue weighted by Gasteiger charge is 2.29. The summed E-state index contributed by atoms with van der Waals surface area (Å²) in [7, 11) is 1.73. The molecule has 4 rings (SSSR count). The minimum atomic E-state index is -0.279. The molecule has 2 aromatic heterocycles. The molecule has 0 saturated heterocycles. The zero-order chi connectivity index (χ0) is 20.2. The molecule has 0 spiro atoms. The minimum Gasteiger partial charge on any atom is -0.345 e. The lowest BCUT2D eigenvalue weighted by Gasteiger charge is -2.19. The SMILES string of the molecule is CN(C(=O)c1nc(C(=O)NCc2cccnc2)n2c1CCCC2)c1ccccc1. The molecule has 1 aromatic carbocycles. The smallest absolute Gasteiger partial charge is 0.287 e. The molecule has 0 aliphatic carbocycles. The number of hydrogen-bond donors (Lipinski definition) is 1. The van der Waals surface area contributed by atoms with Crippen LogP contribution < -0.4 is 10.2 Å². The van der Waals surface area contributed by atoms with Crippen LogP contribution in [-0.4, -0.2) is 33.4 Å². The lowest BCUT2D eigenvalue weighted by molar-refractivity contribution is 0.0935. The summed E-state index contributed by atoms with van der Waals surface area (Å²) in [6.45, 7) is 1.06. The van der Waals surface area contributed by atoms with Crippen LogP contribution >= 0.6 is 0 Å². The van der Waals surface area contributed by atoms with Gasteiger partial charge >= 0.3 is 0 Å². The van der Waals surface area contributed by atoms with Crippen LogP contribution in [-0.2, 0) is 19.5 Å². The highest BCUT2D eigenvalue weighted by molar-refractivity contribution is 6.06. The summed E-state index contributed by atoms with van der Waals surface area (Å²) in [6.07, 6.45) is 6.10.